The molecule has 0 fully saturated rings. The number of hydrogen-bond acceptors (Lipinski definition) is 5. The molecule has 2 aromatic rings. The van der Waals surface area contributed by atoms with Crippen molar-refractivity contribution in [2.24, 2.45) is 0 Å². The van der Waals surface area contributed by atoms with Gasteiger partial charge in [0.2, 0.25) is 10.0 Å². The Bertz CT molecular complexity index is 705. The Morgan fingerprint density at radius 2 is 2.10 bits per heavy atom. The van der Waals surface area contributed by atoms with E-state index in [0.29, 0.717) is 14.8 Å². The van der Waals surface area contributed by atoms with Crippen molar-refractivity contribution in [2.45, 2.75) is 25.0 Å². The summed E-state index contributed by atoms with van der Waals surface area (Å²) in [5.74, 6) is 0. The van der Waals surface area contributed by atoms with E-state index in [1.54, 1.807) is 18.4 Å². The second kappa shape index (κ2) is 6.13. The van der Waals surface area contributed by atoms with E-state index in [9.17, 15) is 13.5 Å². The van der Waals surface area contributed by atoms with Gasteiger partial charge in [0.25, 0.3) is 0 Å². The van der Waals surface area contributed by atoms with Crippen LogP contribution >= 0.6 is 34.3 Å². The molecule has 2 heterocycles. The van der Waals surface area contributed by atoms with Crippen molar-refractivity contribution >= 4 is 44.3 Å². The summed E-state index contributed by atoms with van der Waals surface area (Å²) in [6, 6.07) is 3.56. The number of aryl methyl sites for hydroxylation is 1. The van der Waals surface area contributed by atoms with Gasteiger partial charge in [-0.1, -0.05) is 11.6 Å². The van der Waals surface area contributed by atoms with E-state index < -0.39 is 10.0 Å². The van der Waals surface area contributed by atoms with Crippen molar-refractivity contribution in [2.75, 3.05) is 7.05 Å². The Morgan fingerprint density at radius 1 is 1.40 bits per heavy atom. The molecule has 0 atom stereocenters. The smallest absolute Gasteiger partial charge is 0.244 e. The van der Waals surface area contributed by atoms with Crippen LogP contribution in [0.2, 0.25) is 4.34 Å². The fourth-order valence-electron chi connectivity index (χ4n) is 1.84. The lowest BCUT2D eigenvalue weighted by Crippen LogP contribution is -2.27. The molecule has 0 aliphatic heterocycles. The van der Waals surface area contributed by atoms with E-state index in [1.165, 1.54) is 34.0 Å². The fourth-order valence-corrected chi connectivity index (χ4v) is 5.82. The number of nitrogens with zero attached hydrogens (tertiary/aromatic N) is 1. The second-order valence-corrected chi connectivity index (χ2v) is 9.04. The minimum atomic E-state index is -3.61. The van der Waals surface area contributed by atoms with Crippen molar-refractivity contribution in [3.63, 3.8) is 0 Å². The molecule has 0 aliphatic carbocycles. The highest BCUT2D eigenvalue weighted by Crippen LogP contribution is 2.30. The van der Waals surface area contributed by atoms with E-state index in [0.717, 1.165) is 4.88 Å². The van der Waals surface area contributed by atoms with Crippen molar-refractivity contribution in [1.82, 2.24) is 4.31 Å². The lowest BCUT2D eigenvalue weighted by atomic mass is 10.3. The molecule has 0 amide bonds. The highest BCUT2D eigenvalue weighted by molar-refractivity contribution is 7.89. The normalized spacial score (nSPS) is 12.2. The molecule has 0 spiro atoms. The zero-order valence-corrected chi connectivity index (χ0v) is 14.2. The van der Waals surface area contributed by atoms with Gasteiger partial charge in [0.15, 0.2) is 0 Å². The minimum Gasteiger partial charge on any atom is -0.391 e. The summed E-state index contributed by atoms with van der Waals surface area (Å²) in [5, 5.41) is 11.0. The third-order valence-electron chi connectivity index (χ3n) is 2.81. The molecular weight excluding hydrogens is 338 g/mol. The molecular formula is C12H14ClNO3S3. The van der Waals surface area contributed by atoms with Gasteiger partial charge in [0, 0.05) is 18.5 Å². The molecule has 0 unspecified atom stereocenters. The fraction of sp³-hybridized carbons (Fsp3) is 0.333. The molecule has 0 saturated heterocycles. The molecule has 1 N–H and O–H groups in total. The maximum atomic E-state index is 12.6. The summed E-state index contributed by atoms with van der Waals surface area (Å²) in [7, 11) is -2.08. The lowest BCUT2D eigenvalue weighted by Gasteiger charge is -2.17. The Morgan fingerprint density at radius 3 is 2.65 bits per heavy atom. The predicted octanol–water partition coefficient (Wildman–Crippen LogP) is 3.08. The van der Waals surface area contributed by atoms with Crippen LogP contribution in [0.3, 0.4) is 0 Å². The van der Waals surface area contributed by atoms with Crippen LogP contribution in [0.1, 0.15) is 15.3 Å². The van der Waals surface area contributed by atoms with Crippen molar-refractivity contribution in [3.05, 3.63) is 37.2 Å². The number of aliphatic hydroxyl groups excluding tert-OH is 1. The Balaban J connectivity index is 2.32. The predicted molar refractivity (Wildman–Crippen MR) is 83.0 cm³/mol. The van der Waals surface area contributed by atoms with Crippen LogP contribution in [0.25, 0.3) is 0 Å². The first kappa shape index (κ1) is 15.9. The number of sulfonamides is 1. The topological polar surface area (TPSA) is 57.6 Å². The summed E-state index contributed by atoms with van der Waals surface area (Å²) >= 11 is 8.46. The first-order valence-corrected chi connectivity index (χ1v) is 9.26. The Hall–Kier alpha value is -0.440. The van der Waals surface area contributed by atoms with Gasteiger partial charge in [-0.2, -0.15) is 4.31 Å². The van der Waals surface area contributed by atoms with Gasteiger partial charge in [-0.25, -0.2) is 8.42 Å². The summed E-state index contributed by atoms with van der Waals surface area (Å²) in [6.45, 7) is 1.73. The minimum absolute atomic E-state index is 0.218. The van der Waals surface area contributed by atoms with Gasteiger partial charge in [0.05, 0.1) is 15.8 Å². The largest absolute Gasteiger partial charge is 0.391 e. The van der Waals surface area contributed by atoms with Crippen molar-refractivity contribution in [3.8, 4) is 0 Å². The second-order valence-electron chi connectivity index (χ2n) is 4.30. The molecule has 0 aliphatic rings. The highest BCUT2D eigenvalue weighted by atomic mass is 35.5. The number of thiophene rings is 2. The maximum absolute atomic E-state index is 12.6. The van der Waals surface area contributed by atoms with Gasteiger partial charge in [-0.05, 0) is 30.0 Å². The van der Waals surface area contributed by atoms with Crippen LogP contribution in [0.15, 0.2) is 22.4 Å². The zero-order chi connectivity index (χ0) is 14.9. The summed E-state index contributed by atoms with van der Waals surface area (Å²) in [5.41, 5.74) is 0.662. The number of hydrogen-bond donors (Lipinski definition) is 1. The molecule has 0 saturated carbocycles. The van der Waals surface area contributed by atoms with Crippen LogP contribution in [-0.2, 0) is 23.2 Å². The zero-order valence-electron chi connectivity index (χ0n) is 11.0. The van der Waals surface area contributed by atoms with Crippen molar-refractivity contribution in [1.29, 1.82) is 0 Å². The molecule has 2 aromatic heterocycles. The average Bonchev–Trinajstić information content (AvgIpc) is 2.95. The average molecular weight is 352 g/mol. The van der Waals surface area contributed by atoms with Crippen molar-refractivity contribution < 1.29 is 13.5 Å². The number of rotatable bonds is 5. The first-order chi connectivity index (χ1) is 9.36. The molecule has 20 heavy (non-hydrogen) atoms. The van der Waals surface area contributed by atoms with Gasteiger partial charge >= 0.3 is 0 Å². The quantitative estimate of drug-likeness (QED) is 0.900. The van der Waals surface area contributed by atoms with E-state index in [2.05, 4.69) is 0 Å². The van der Waals surface area contributed by atoms with Gasteiger partial charge < -0.3 is 5.11 Å². The van der Waals surface area contributed by atoms with E-state index in [1.807, 2.05) is 6.07 Å². The third-order valence-corrected chi connectivity index (χ3v) is 7.28. The van der Waals surface area contributed by atoms with Gasteiger partial charge in [0.1, 0.15) is 4.90 Å². The molecule has 0 bridgehead atoms. The maximum Gasteiger partial charge on any atom is 0.244 e. The van der Waals surface area contributed by atoms with Crippen LogP contribution < -0.4 is 0 Å². The standard InChI is InChI=1S/C12H14ClNO3S3/c1-8-7-18-10(6-15)12(8)20(16,17)14(2)5-9-3-4-11(13)19-9/h3-4,7,15H,5-6H2,1-2H3. The molecule has 0 aromatic carbocycles. The SMILES string of the molecule is Cc1csc(CO)c1S(=O)(=O)N(C)Cc1ccc(Cl)s1. The van der Waals surface area contributed by atoms with Gasteiger partial charge in [-0.15, -0.1) is 22.7 Å². The Labute approximate surface area is 131 Å². The van der Waals surface area contributed by atoms with Gasteiger partial charge in [-0.3, -0.25) is 0 Å². The number of halogens is 1. The third kappa shape index (κ3) is 3.08. The monoisotopic (exact) mass is 351 g/mol. The number of aliphatic hydroxyl groups is 1. The summed E-state index contributed by atoms with van der Waals surface area (Å²) in [6.07, 6.45) is 0. The van der Waals surface area contributed by atoms with Crippen LogP contribution in [-0.4, -0.2) is 24.9 Å². The van der Waals surface area contributed by atoms with E-state index in [-0.39, 0.29) is 18.0 Å². The molecule has 0 radical (unpaired) electrons. The summed E-state index contributed by atoms with van der Waals surface area (Å²) in [4.78, 5) is 1.56. The first-order valence-electron chi connectivity index (χ1n) is 5.74. The highest BCUT2D eigenvalue weighted by Gasteiger charge is 2.27. The molecule has 8 heteroatoms. The lowest BCUT2D eigenvalue weighted by molar-refractivity contribution is 0.282. The van der Waals surface area contributed by atoms with Crippen LogP contribution in [0.5, 0.6) is 0 Å². The van der Waals surface area contributed by atoms with E-state index >= 15 is 0 Å². The van der Waals surface area contributed by atoms with Crippen LogP contribution in [0.4, 0.5) is 0 Å². The van der Waals surface area contributed by atoms with E-state index in [4.69, 9.17) is 11.6 Å². The molecule has 110 valence electrons. The molecule has 2 rings (SSSR count). The van der Waals surface area contributed by atoms with Crippen LogP contribution in [0, 0.1) is 6.92 Å². The summed E-state index contributed by atoms with van der Waals surface area (Å²) < 4.78 is 27.1. The molecule has 4 nitrogen and oxygen atoms in total. The Kier molecular flexibility index (Phi) is 4.88.